The average molecular weight is 393 g/mol. The van der Waals surface area contributed by atoms with Crippen LogP contribution >= 0.6 is 0 Å². The van der Waals surface area contributed by atoms with E-state index in [2.05, 4.69) is 35.9 Å². The second kappa shape index (κ2) is 9.50. The fraction of sp³-hybridized carbons (Fsp3) is 0.571. The van der Waals surface area contributed by atoms with Gasteiger partial charge in [0.2, 0.25) is 17.8 Å². The van der Waals surface area contributed by atoms with Crippen LogP contribution in [0.5, 0.6) is 0 Å². The maximum atomic E-state index is 8.92. The van der Waals surface area contributed by atoms with E-state index in [9.17, 15) is 0 Å². The van der Waals surface area contributed by atoms with Crippen molar-refractivity contribution in [2.75, 3.05) is 16.0 Å². The highest BCUT2D eigenvalue weighted by Crippen LogP contribution is 2.24. The third kappa shape index (κ3) is 5.53. The summed E-state index contributed by atoms with van der Waals surface area (Å²) in [6.45, 7) is 0. The summed E-state index contributed by atoms with van der Waals surface area (Å²) < 4.78 is 0. The normalized spacial score (nSPS) is 18.0. The van der Waals surface area contributed by atoms with Gasteiger partial charge in [-0.2, -0.15) is 20.2 Å². The predicted molar refractivity (Wildman–Crippen MR) is 113 cm³/mol. The Hall–Kier alpha value is -2.95. The summed E-state index contributed by atoms with van der Waals surface area (Å²) in [4.78, 5) is 17.9. The summed E-state index contributed by atoms with van der Waals surface area (Å²) in [6.07, 6.45) is 13.8. The lowest BCUT2D eigenvalue weighted by Crippen LogP contribution is -2.26. The van der Waals surface area contributed by atoms with Crippen LogP contribution in [0.25, 0.3) is 0 Å². The van der Waals surface area contributed by atoms with Crippen molar-refractivity contribution in [3.63, 3.8) is 0 Å². The number of nitriles is 1. The smallest absolute Gasteiger partial charge is 0.233 e. The van der Waals surface area contributed by atoms with Gasteiger partial charge in [-0.3, -0.25) is 0 Å². The van der Waals surface area contributed by atoms with Crippen LogP contribution in [0.1, 0.15) is 69.9 Å². The number of rotatable bonds is 6. The number of hydrogen-bond donors (Lipinski definition) is 3. The van der Waals surface area contributed by atoms with Crippen molar-refractivity contribution in [1.82, 2.24) is 19.9 Å². The van der Waals surface area contributed by atoms with Crippen molar-refractivity contribution in [1.29, 1.82) is 5.26 Å². The van der Waals surface area contributed by atoms with E-state index in [0.29, 0.717) is 35.6 Å². The molecule has 2 fully saturated rings. The van der Waals surface area contributed by atoms with Gasteiger partial charge in [0.15, 0.2) is 0 Å². The minimum Gasteiger partial charge on any atom is -0.351 e. The fourth-order valence-corrected chi connectivity index (χ4v) is 4.08. The van der Waals surface area contributed by atoms with Crippen LogP contribution in [0.2, 0.25) is 0 Å². The van der Waals surface area contributed by atoms with Gasteiger partial charge in [0.1, 0.15) is 11.8 Å². The molecule has 2 aromatic heterocycles. The van der Waals surface area contributed by atoms with E-state index in [1.165, 1.54) is 38.5 Å². The Morgan fingerprint density at radius 3 is 1.79 bits per heavy atom. The Labute approximate surface area is 171 Å². The molecule has 0 unspecified atom stereocenters. The first-order chi connectivity index (χ1) is 14.3. The zero-order valence-corrected chi connectivity index (χ0v) is 16.7. The van der Waals surface area contributed by atoms with E-state index in [-0.39, 0.29) is 0 Å². The van der Waals surface area contributed by atoms with Gasteiger partial charge in [0, 0.05) is 12.1 Å². The second-order valence-electron chi connectivity index (χ2n) is 7.93. The lowest BCUT2D eigenvalue weighted by atomic mass is 9.96. The molecule has 2 aliphatic rings. The summed E-state index contributed by atoms with van der Waals surface area (Å²) >= 11 is 0. The van der Waals surface area contributed by atoms with Gasteiger partial charge in [-0.05, 0) is 37.8 Å². The molecule has 29 heavy (non-hydrogen) atoms. The third-order valence-corrected chi connectivity index (χ3v) is 5.65. The van der Waals surface area contributed by atoms with Gasteiger partial charge in [-0.15, -0.1) is 0 Å². The van der Waals surface area contributed by atoms with Crippen LogP contribution in [-0.2, 0) is 0 Å². The Bertz CT molecular complexity index is 794. The number of nitrogens with one attached hydrogen (secondary N) is 3. The molecule has 2 heterocycles. The minimum atomic E-state index is 0.380. The Balaban J connectivity index is 1.53. The van der Waals surface area contributed by atoms with Crippen LogP contribution in [0.15, 0.2) is 18.3 Å². The highest BCUT2D eigenvalue weighted by atomic mass is 15.3. The number of nitrogens with zero attached hydrogens (tertiary/aromatic N) is 5. The SMILES string of the molecule is N#Cc1ccc(Nc2nc(NC3CCCCC3)nc(NC3CCCCC3)n2)cn1. The van der Waals surface area contributed by atoms with E-state index in [4.69, 9.17) is 5.26 Å². The van der Waals surface area contributed by atoms with Crippen LogP contribution in [0.4, 0.5) is 23.5 Å². The molecule has 8 nitrogen and oxygen atoms in total. The molecule has 8 heteroatoms. The lowest BCUT2D eigenvalue weighted by molar-refractivity contribution is 0.458. The quantitative estimate of drug-likeness (QED) is 0.664. The molecule has 0 bridgehead atoms. The number of anilines is 4. The topological polar surface area (TPSA) is 111 Å². The van der Waals surface area contributed by atoms with E-state index in [1.54, 1.807) is 18.3 Å². The lowest BCUT2D eigenvalue weighted by Gasteiger charge is -2.25. The fourth-order valence-electron chi connectivity index (χ4n) is 4.08. The molecule has 2 aromatic rings. The van der Waals surface area contributed by atoms with E-state index >= 15 is 0 Å². The van der Waals surface area contributed by atoms with Crippen molar-refractivity contribution in [3.8, 4) is 6.07 Å². The van der Waals surface area contributed by atoms with E-state index in [0.717, 1.165) is 31.4 Å². The summed E-state index contributed by atoms with van der Waals surface area (Å²) in [6, 6.07) is 6.33. The molecule has 0 aliphatic heterocycles. The third-order valence-electron chi connectivity index (χ3n) is 5.65. The largest absolute Gasteiger partial charge is 0.351 e. The monoisotopic (exact) mass is 392 g/mol. The maximum absolute atomic E-state index is 8.92. The molecule has 0 atom stereocenters. The summed E-state index contributed by atoms with van der Waals surface area (Å²) in [5, 5.41) is 19.1. The molecule has 0 amide bonds. The first-order valence-corrected chi connectivity index (χ1v) is 10.7. The molecule has 0 spiro atoms. The molecule has 0 radical (unpaired) electrons. The van der Waals surface area contributed by atoms with Crippen molar-refractivity contribution >= 4 is 23.5 Å². The molecule has 152 valence electrons. The Morgan fingerprint density at radius 2 is 1.31 bits per heavy atom. The van der Waals surface area contributed by atoms with Gasteiger partial charge >= 0.3 is 0 Å². The average Bonchev–Trinajstić information content (AvgIpc) is 2.76. The van der Waals surface area contributed by atoms with E-state index < -0.39 is 0 Å². The zero-order valence-electron chi connectivity index (χ0n) is 16.7. The minimum absolute atomic E-state index is 0.380. The van der Waals surface area contributed by atoms with Gasteiger partial charge in [0.05, 0.1) is 11.9 Å². The number of hydrogen-bond acceptors (Lipinski definition) is 8. The van der Waals surface area contributed by atoms with Gasteiger partial charge in [-0.25, -0.2) is 4.98 Å². The van der Waals surface area contributed by atoms with Crippen LogP contribution in [-0.4, -0.2) is 32.0 Å². The Morgan fingerprint density at radius 1 is 0.759 bits per heavy atom. The standard InChI is InChI=1S/C21H28N8/c22-13-17-11-12-18(14-23-17)26-21-28-19(24-15-7-3-1-4-8-15)27-20(29-21)25-16-9-5-2-6-10-16/h11-12,14-16H,1-10H2,(H3,24,25,26,27,28,29). The van der Waals surface area contributed by atoms with Crippen LogP contribution < -0.4 is 16.0 Å². The molecular formula is C21H28N8. The van der Waals surface area contributed by atoms with Crippen molar-refractivity contribution in [2.24, 2.45) is 0 Å². The molecule has 3 N–H and O–H groups in total. The number of aromatic nitrogens is 4. The van der Waals surface area contributed by atoms with Gasteiger partial charge < -0.3 is 16.0 Å². The van der Waals surface area contributed by atoms with E-state index in [1.807, 2.05) is 6.07 Å². The first kappa shape index (κ1) is 19.4. The van der Waals surface area contributed by atoms with Crippen molar-refractivity contribution < 1.29 is 0 Å². The maximum Gasteiger partial charge on any atom is 0.233 e. The van der Waals surface area contributed by atoms with Crippen LogP contribution in [0, 0.1) is 11.3 Å². The summed E-state index contributed by atoms with van der Waals surface area (Å²) in [5.74, 6) is 1.69. The molecule has 0 aromatic carbocycles. The predicted octanol–water partition coefficient (Wildman–Crippen LogP) is 4.37. The number of pyridine rings is 1. The van der Waals surface area contributed by atoms with Gasteiger partial charge in [-0.1, -0.05) is 38.5 Å². The summed E-state index contributed by atoms with van der Waals surface area (Å²) in [5.41, 5.74) is 1.12. The van der Waals surface area contributed by atoms with Crippen molar-refractivity contribution in [2.45, 2.75) is 76.3 Å². The highest BCUT2D eigenvalue weighted by molar-refractivity contribution is 5.55. The first-order valence-electron chi connectivity index (χ1n) is 10.7. The zero-order chi connectivity index (χ0) is 19.9. The second-order valence-corrected chi connectivity index (χ2v) is 7.93. The summed E-state index contributed by atoms with van der Waals surface area (Å²) in [7, 11) is 0. The molecule has 2 saturated carbocycles. The van der Waals surface area contributed by atoms with Gasteiger partial charge in [0.25, 0.3) is 0 Å². The molecule has 2 aliphatic carbocycles. The molecule has 0 saturated heterocycles. The highest BCUT2D eigenvalue weighted by Gasteiger charge is 2.18. The molecule has 4 rings (SSSR count). The molecular weight excluding hydrogens is 364 g/mol. The van der Waals surface area contributed by atoms with Crippen LogP contribution in [0.3, 0.4) is 0 Å². The van der Waals surface area contributed by atoms with Crippen molar-refractivity contribution in [3.05, 3.63) is 24.0 Å². The Kier molecular flexibility index (Phi) is 6.35.